The molecule has 0 saturated heterocycles. The highest BCUT2D eigenvalue weighted by atomic mass is 16.5. The molecule has 0 aliphatic rings. The Hall–Kier alpha value is -3.54. The third kappa shape index (κ3) is 5.22. The number of furan rings is 1. The number of carbonyl (C=O) groups is 2. The number of anilines is 1. The molecule has 0 fully saturated rings. The van der Waals surface area contributed by atoms with E-state index in [-0.39, 0.29) is 18.2 Å². The Morgan fingerprint density at radius 3 is 2.56 bits per heavy atom. The van der Waals surface area contributed by atoms with Crippen LogP contribution in [0, 0.1) is 0 Å². The van der Waals surface area contributed by atoms with Crippen LogP contribution in [0.25, 0.3) is 0 Å². The van der Waals surface area contributed by atoms with Gasteiger partial charge >= 0.3 is 0 Å². The number of ether oxygens (including phenoxy) is 1. The van der Waals surface area contributed by atoms with Crippen LogP contribution < -0.4 is 15.4 Å². The summed E-state index contributed by atoms with van der Waals surface area (Å²) in [6.07, 6.45) is 1.79. The third-order valence-electron chi connectivity index (χ3n) is 3.94. The lowest BCUT2D eigenvalue weighted by atomic mass is 10.1. The molecule has 27 heavy (non-hydrogen) atoms. The first-order valence-electron chi connectivity index (χ1n) is 8.47. The van der Waals surface area contributed by atoms with Gasteiger partial charge in [0.25, 0.3) is 5.91 Å². The molecule has 0 radical (unpaired) electrons. The number of nitrogens with one attached hydrogen (secondary N) is 2. The largest absolute Gasteiger partial charge is 0.497 e. The molecule has 0 spiro atoms. The molecular formula is C21H20N2O4. The minimum absolute atomic E-state index is 0.159. The van der Waals surface area contributed by atoms with E-state index >= 15 is 0 Å². The Bertz CT molecular complexity index is 902. The van der Waals surface area contributed by atoms with Gasteiger partial charge in [0.1, 0.15) is 11.5 Å². The van der Waals surface area contributed by atoms with E-state index in [0.717, 1.165) is 11.3 Å². The van der Waals surface area contributed by atoms with Crippen LogP contribution in [0.2, 0.25) is 0 Å². The molecule has 1 aromatic heterocycles. The van der Waals surface area contributed by atoms with Crippen molar-refractivity contribution in [2.75, 3.05) is 12.4 Å². The van der Waals surface area contributed by atoms with Crippen molar-refractivity contribution >= 4 is 17.5 Å². The highest BCUT2D eigenvalue weighted by Crippen LogP contribution is 2.14. The van der Waals surface area contributed by atoms with Gasteiger partial charge in [0.15, 0.2) is 0 Å². The van der Waals surface area contributed by atoms with E-state index in [1.807, 2.05) is 24.3 Å². The number of amides is 2. The van der Waals surface area contributed by atoms with Gasteiger partial charge in [0.2, 0.25) is 5.91 Å². The average molecular weight is 364 g/mol. The highest BCUT2D eigenvalue weighted by molar-refractivity contribution is 5.97. The minimum Gasteiger partial charge on any atom is -0.497 e. The van der Waals surface area contributed by atoms with Gasteiger partial charge in [-0.25, -0.2) is 0 Å². The molecule has 0 aliphatic carbocycles. The summed E-state index contributed by atoms with van der Waals surface area (Å²) in [5.74, 6) is 1.02. The number of hydrogen-bond donors (Lipinski definition) is 2. The summed E-state index contributed by atoms with van der Waals surface area (Å²) in [7, 11) is 1.60. The molecule has 2 N–H and O–H groups in total. The van der Waals surface area contributed by atoms with Crippen molar-refractivity contribution in [2.45, 2.75) is 13.0 Å². The van der Waals surface area contributed by atoms with E-state index in [1.165, 1.54) is 0 Å². The molecule has 0 bridgehead atoms. The first-order chi connectivity index (χ1) is 13.1. The summed E-state index contributed by atoms with van der Waals surface area (Å²) in [4.78, 5) is 24.5. The fourth-order valence-corrected chi connectivity index (χ4v) is 2.55. The molecule has 0 unspecified atom stereocenters. The maximum absolute atomic E-state index is 12.3. The lowest BCUT2D eigenvalue weighted by Crippen LogP contribution is -2.23. The Balaban J connectivity index is 1.57. The van der Waals surface area contributed by atoms with E-state index in [9.17, 15) is 9.59 Å². The van der Waals surface area contributed by atoms with Gasteiger partial charge in [0, 0.05) is 11.3 Å². The second-order valence-corrected chi connectivity index (χ2v) is 5.92. The third-order valence-corrected chi connectivity index (χ3v) is 3.94. The van der Waals surface area contributed by atoms with Crippen LogP contribution in [0.1, 0.15) is 21.7 Å². The van der Waals surface area contributed by atoms with Crippen molar-refractivity contribution in [1.82, 2.24) is 5.32 Å². The monoisotopic (exact) mass is 364 g/mol. The van der Waals surface area contributed by atoms with Gasteiger partial charge < -0.3 is 19.8 Å². The molecular weight excluding hydrogens is 344 g/mol. The molecule has 0 aliphatic heterocycles. The van der Waals surface area contributed by atoms with E-state index in [4.69, 9.17) is 9.15 Å². The van der Waals surface area contributed by atoms with Crippen LogP contribution in [-0.2, 0) is 17.8 Å². The number of methoxy groups -OCH3 is 1. The SMILES string of the molecule is COc1ccc(CC(=O)Nc2cccc(C(=O)NCc3ccco3)c2)cc1. The molecule has 6 heteroatoms. The minimum atomic E-state index is -0.238. The van der Waals surface area contributed by atoms with Crippen LogP contribution in [-0.4, -0.2) is 18.9 Å². The van der Waals surface area contributed by atoms with Crippen molar-refractivity contribution in [3.05, 3.63) is 83.8 Å². The summed E-state index contributed by atoms with van der Waals surface area (Å²) in [6.45, 7) is 0.305. The Kier molecular flexibility index (Phi) is 5.89. The molecule has 3 aromatic rings. The summed E-state index contributed by atoms with van der Waals surface area (Å²) in [5.41, 5.74) is 1.91. The molecule has 2 amide bonds. The number of carbonyl (C=O) groups excluding carboxylic acids is 2. The first-order valence-corrected chi connectivity index (χ1v) is 8.47. The van der Waals surface area contributed by atoms with Crippen LogP contribution in [0.15, 0.2) is 71.3 Å². The molecule has 0 saturated carbocycles. The van der Waals surface area contributed by atoms with Crippen LogP contribution >= 0.6 is 0 Å². The Labute approximate surface area is 157 Å². The maximum atomic E-state index is 12.3. The van der Waals surface area contributed by atoms with Crippen molar-refractivity contribution in [1.29, 1.82) is 0 Å². The van der Waals surface area contributed by atoms with E-state index in [2.05, 4.69) is 10.6 Å². The fraction of sp³-hybridized carbons (Fsp3) is 0.143. The lowest BCUT2D eigenvalue weighted by molar-refractivity contribution is -0.115. The lowest BCUT2D eigenvalue weighted by Gasteiger charge is -2.08. The molecule has 0 atom stereocenters. The second-order valence-electron chi connectivity index (χ2n) is 5.92. The maximum Gasteiger partial charge on any atom is 0.251 e. The molecule has 3 rings (SSSR count). The zero-order chi connectivity index (χ0) is 19.1. The Morgan fingerprint density at radius 1 is 1.04 bits per heavy atom. The number of rotatable bonds is 7. The van der Waals surface area contributed by atoms with Gasteiger partial charge in [0.05, 0.1) is 26.3 Å². The van der Waals surface area contributed by atoms with E-state index in [0.29, 0.717) is 23.6 Å². The standard InChI is InChI=1S/C21H20N2O4/c1-26-18-9-7-15(8-10-18)12-20(24)23-17-5-2-4-16(13-17)21(25)22-14-19-6-3-11-27-19/h2-11,13H,12,14H2,1H3,(H,22,25)(H,23,24). The van der Waals surface area contributed by atoms with Gasteiger partial charge in [-0.2, -0.15) is 0 Å². The van der Waals surface area contributed by atoms with E-state index in [1.54, 1.807) is 49.8 Å². The molecule has 2 aromatic carbocycles. The zero-order valence-electron chi connectivity index (χ0n) is 14.9. The van der Waals surface area contributed by atoms with Gasteiger partial charge in [-0.1, -0.05) is 18.2 Å². The van der Waals surface area contributed by atoms with Crippen molar-refractivity contribution in [3.8, 4) is 5.75 Å². The molecule has 6 nitrogen and oxygen atoms in total. The smallest absolute Gasteiger partial charge is 0.251 e. The van der Waals surface area contributed by atoms with Gasteiger partial charge in [-0.15, -0.1) is 0 Å². The summed E-state index contributed by atoms with van der Waals surface area (Å²) in [6, 6.07) is 17.7. The molecule has 1 heterocycles. The van der Waals surface area contributed by atoms with Crippen molar-refractivity contribution < 1.29 is 18.7 Å². The van der Waals surface area contributed by atoms with E-state index < -0.39 is 0 Å². The first kappa shape index (κ1) is 18.3. The Morgan fingerprint density at radius 2 is 1.85 bits per heavy atom. The van der Waals surface area contributed by atoms with Crippen LogP contribution in [0.3, 0.4) is 0 Å². The fourth-order valence-electron chi connectivity index (χ4n) is 2.55. The average Bonchev–Trinajstić information content (AvgIpc) is 3.20. The number of benzene rings is 2. The van der Waals surface area contributed by atoms with Gasteiger partial charge in [-0.05, 0) is 48.0 Å². The summed E-state index contributed by atoms with van der Waals surface area (Å²) >= 11 is 0. The predicted molar refractivity (Wildman–Crippen MR) is 102 cm³/mol. The van der Waals surface area contributed by atoms with Crippen molar-refractivity contribution in [2.24, 2.45) is 0 Å². The highest BCUT2D eigenvalue weighted by Gasteiger charge is 2.09. The second kappa shape index (κ2) is 8.71. The number of hydrogen-bond acceptors (Lipinski definition) is 4. The summed E-state index contributed by atoms with van der Waals surface area (Å²) in [5, 5.41) is 5.59. The van der Waals surface area contributed by atoms with Crippen LogP contribution in [0.5, 0.6) is 5.75 Å². The van der Waals surface area contributed by atoms with Gasteiger partial charge in [-0.3, -0.25) is 9.59 Å². The van der Waals surface area contributed by atoms with Crippen LogP contribution in [0.4, 0.5) is 5.69 Å². The normalized spacial score (nSPS) is 10.3. The summed E-state index contributed by atoms with van der Waals surface area (Å²) < 4.78 is 10.3. The molecule has 138 valence electrons. The predicted octanol–water partition coefficient (Wildman–Crippen LogP) is 3.40. The topological polar surface area (TPSA) is 80.6 Å². The quantitative estimate of drug-likeness (QED) is 0.673. The zero-order valence-corrected chi connectivity index (χ0v) is 14.9. The van der Waals surface area contributed by atoms with Crippen molar-refractivity contribution in [3.63, 3.8) is 0 Å².